The number of furan rings is 1. The normalized spacial score (nSPS) is 14.2. The Balaban J connectivity index is 0.527. The van der Waals surface area contributed by atoms with E-state index >= 15 is 0 Å². The second-order valence-electron chi connectivity index (χ2n) is 40.3. The van der Waals surface area contributed by atoms with E-state index in [4.69, 9.17) is 4.42 Å². The molecule has 1 aromatic heterocycles. The summed E-state index contributed by atoms with van der Waals surface area (Å²) < 4.78 is 6.61. The molecule has 0 amide bonds. The van der Waals surface area contributed by atoms with Crippen LogP contribution in [-0.4, -0.2) is 7.05 Å². The van der Waals surface area contributed by atoms with Crippen molar-refractivity contribution < 1.29 is 4.42 Å². The van der Waals surface area contributed by atoms with Crippen molar-refractivity contribution in [1.82, 2.24) is 0 Å². The Morgan fingerprint density at radius 1 is 0.217 bits per heavy atom. The lowest BCUT2D eigenvalue weighted by atomic mass is 9.70. The summed E-state index contributed by atoms with van der Waals surface area (Å²) >= 11 is 0. The second-order valence-corrected chi connectivity index (χ2v) is 40.3. The van der Waals surface area contributed by atoms with Gasteiger partial charge in [-0.3, -0.25) is 0 Å². The maximum absolute atomic E-state index is 6.61. The minimum Gasteiger partial charge on any atom is -0.456 e. The van der Waals surface area contributed by atoms with Gasteiger partial charge in [-0.05, 0) is 302 Å². The van der Waals surface area contributed by atoms with Crippen LogP contribution in [0, 0.1) is 13.8 Å². The number of hydrogen-bond donors (Lipinski definition) is 0. The number of hydrogen-bond acceptors (Lipinski definition) is 2. The summed E-state index contributed by atoms with van der Waals surface area (Å²) in [5.41, 5.74) is 47.2. The summed E-state index contributed by atoms with van der Waals surface area (Å²) in [5.74, 6) is 0. The smallest absolute Gasteiger partial charge is 0.135 e. The summed E-state index contributed by atoms with van der Waals surface area (Å²) in [7, 11) is 2.18. The number of fused-ring (bicyclic) bond motifs is 15. The Hall–Kier alpha value is -11.3. The molecule has 15 aromatic rings. The minimum absolute atomic E-state index is 0.0488. The van der Waals surface area contributed by atoms with Crippen molar-refractivity contribution in [2.75, 3.05) is 11.9 Å². The number of benzene rings is 14. The average molecular weight is 1690 g/mol. The van der Waals surface area contributed by atoms with Gasteiger partial charge >= 0.3 is 0 Å². The van der Waals surface area contributed by atoms with Crippen molar-refractivity contribution in [3.8, 4) is 122 Å². The van der Waals surface area contributed by atoms with Crippen LogP contribution in [0.5, 0.6) is 0 Å². The van der Waals surface area contributed by atoms with E-state index in [9.17, 15) is 0 Å². The van der Waals surface area contributed by atoms with Crippen molar-refractivity contribution in [2.24, 2.45) is 0 Å². The number of unbranched alkanes of at least 4 members (excludes halogenated alkanes) is 20. The molecule has 0 atom stereocenters. The van der Waals surface area contributed by atoms with Crippen LogP contribution >= 0.6 is 0 Å². The highest BCUT2D eigenvalue weighted by Gasteiger charge is 2.45. The largest absolute Gasteiger partial charge is 0.456 e. The molecule has 4 aliphatic carbocycles. The molecule has 19 rings (SSSR count). The molecule has 0 fully saturated rings. The fourth-order valence-electron chi connectivity index (χ4n) is 24.1. The van der Waals surface area contributed by atoms with Gasteiger partial charge in [0, 0.05) is 50.9 Å². The first kappa shape index (κ1) is 87.0. The van der Waals surface area contributed by atoms with E-state index in [-0.39, 0.29) is 21.7 Å². The quantitative estimate of drug-likeness (QED) is 0.0361. The predicted molar refractivity (Wildman–Crippen MR) is 555 cm³/mol. The van der Waals surface area contributed by atoms with Crippen LogP contribution in [-0.2, 0) is 21.7 Å². The number of nitrogens with zero attached hydrogens (tertiary/aromatic N) is 1. The minimum atomic E-state index is -0.191. The lowest BCUT2D eigenvalue weighted by molar-refractivity contribution is 0.398. The Labute approximate surface area is 772 Å². The molecule has 14 aromatic carbocycles. The molecule has 2 heteroatoms. The number of anilines is 2. The molecule has 0 N–H and O–H groups in total. The first-order valence-electron chi connectivity index (χ1n) is 50.2. The number of rotatable bonds is 37. The van der Waals surface area contributed by atoms with Gasteiger partial charge in [0.25, 0.3) is 0 Å². The summed E-state index contributed by atoms with van der Waals surface area (Å²) in [6.07, 6.45) is 36.7. The zero-order valence-corrected chi connectivity index (χ0v) is 79.2. The summed E-state index contributed by atoms with van der Waals surface area (Å²) in [5, 5.41) is 2.26. The molecule has 654 valence electrons. The predicted octanol–water partition coefficient (Wildman–Crippen LogP) is 37.8. The SMILES string of the molecule is CCCCCCCCC1(CCCCCCCC)c2ccccc2-c2ccc(-c3ccc4c(c3)C(C)(C)c3cc(-c5ccc6oc7ccc(-c8ccc(N(C)c9ccc(-c%10cccc(-c%11cccc(-c%12ccc%13c(c%12)C(C)(C)c%12cc(-c%14ccc%15c(c%14)C(CCCCCCCC)(CCCCCCCC)c%14ccccc%14-%15)ccc%12-%13)c%11C)c%10C)cc9)cc8)cc7c6c5)ccc3-4)cc21. The van der Waals surface area contributed by atoms with Crippen LogP contribution in [0.4, 0.5) is 11.4 Å². The summed E-state index contributed by atoms with van der Waals surface area (Å²) in [4.78, 5) is 2.29. The van der Waals surface area contributed by atoms with Crippen LogP contribution in [0.15, 0.2) is 283 Å². The molecule has 1 heterocycles. The Kier molecular flexibility index (Phi) is 25.1. The van der Waals surface area contributed by atoms with Crippen molar-refractivity contribution >= 4 is 33.3 Å². The van der Waals surface area contributed by atoms with Crippen LogP contribution < -0.4 is 4.90 Å². The van der Waals surface area contributed by atoms with Gasteiger partial charge in [-0.2, -0.15) is 0 Å². The molecule has 0 saturated heterocycles. The zero-order chi connectivity index (χ0) is 88.5. The highest BCUT2D eigenvalue weighted by atomic mass is 16.3. The summed E-state index contributed by atoms with van der Waals surface area (Å²) in [6.45, 7) is 23.8. The summed E-state index contributed by atoms with van der Waals surface area (Å²) in [6, 6.07) is 109. The highest BCUT2D eigenvalue weighted by Crippen LogP contribution is 2.60. The third-order valence-electron chi connectivity index (χ3n) is 31.6. The van der Waals surface area contributed by atoms with Gasteiger partial charge in [-0.15, -0.1) is 0 Å². The van der Waals surface area contributed by atoms with E-state index in [2.05, 4.69) is 360 Å². The van der Waals surface area contributed by atoms with Gasteiger partial charge in [0.2, 0.25) is 0 Å². The molecule has 129 heavy (non-hydrogen) atoms. The van der Waals surface area contributed by atoms with Crippen LogP contribution in [0.25, 0.3) is 144 Å². The van der Waals surface area contributed by atoms with Crippen LogP contribution in [0.2, 0.25) is 0 Å². The monoisotopic (exact) mass is 1690 g/mol. The van der Waals surface area contributed by atoms with Crippen LogP contribution in [0.1, 0.15) is 291 Å². The molecule has 0 unspecified atom stereocenters. The van der Waals surface area contributed by atoms with Gasteiger partial charge in [-0.25, -0.2) is 0 Å². The molecule has 0 aliphatic heterocycles. The maximum Gasteiger partial charge on any atom is 0.135 e. The van der Waals surface area contributed by atoms with E-state index in [0.29, 0.717) is 0 Å². The Morgan fingerprint density at radius 3 is 0.845 bits per heavy atom. The standard InChI is InChI=1S/C127H135NO/c1-12-16-20-24-28-36-74-126(75-37-29-25-21-17-13-2)114-48-34-32-42-104(114)110-69-57-95(83-120(110)126)93-55-67-107-106-66-54-92(80-116(106)124(7,8)117(107)81-93)91-61-73-123-113(79-91)112-78-90(60-72-122(112)129-123)88-50-62-98(63-51-88)128(11)99-64-52-89(53-65-99)100-44-40-46-102(86(100)5)103-47-41-45-101(87(103)6)97-59-71-109-108-68-56-94(82-118(108)125(9,10)119(109)85-97)96-58-70-111-105-43-33-35-49-115(105)127(121(111)84-96,76-38-30-26-22-18-14-3)77-39-31-27-23-19-15-4/h32-35,40-73,78-85H,12-31,36-39,74-77H2,1-11H3. The molecule has 0 spiro atoms. The lowest BCUT2D eigenvalue weighted by Gasteiger charge is -2.33. The van der Waals surface area contributed by atoms with Crippen molar-refractivity contribution in [3.05, 3.63) is 335 Å². The van der Waals surface area contributed by atoms with Crippen molar-refractivity contribution in [2.45, 2.75) is 271 Å². The average Bonchev–Trinajstić information content (AvgIpc) is 1.56. The molecule has 0 saturated carbocycles. The second kappa shape index (κ2) is 37.3. The fraction of sp³-hybridized carbons (Fsp3) is 0.339. The Bertz CT molecular complexity index is 6570. The van der Waals surface area contributed by atoms with E-state index in [1.165, 1.54) is 336 Å². The molecule has 0 radical (unpaired) electrons. The zero-order valence-electron chi connectivity index (χ0n) is 79.2. The van der Waals surface area contributed by atoms with Gasteiger partial charge in [-0.1, -0.05) is 404 Å². The maximum atomic E-state index is 6.61. The molecule has 4 aliphatic rings. The highest BCUT2D eigenvalue weighted by molar-refractivity contribution is 6.08. The van der Waals surface area contributed by atoms with Gasteiger partial charge < -0.3 is 9.32 Å². The van der Waals surface area contributed by atoms with E-state index in [1.807, 2.05) is 0 Å². The lowest BCUT2D eigenvalue weighted by Crippen LogP contribution is -2.25. The van der Waals surface area contributed by atoms with E-state index in [1.54, 1.807) is 22.3 Å². The van der Waals surface area contributed by atoms with E-state index < -0.39 is 0 Å². The van der Waals surface area contributed by atoms with Gasteiger partial charge in [0.1, 0.15) is 11.2 Å². The van der Waals surface area contributed by atoms with Crippen molar-refractivity contribution in [3.63, 3.8) is 0 Å². The molecule has 0 bridgehead atoms. The topological polar surface area (TPSA) is 16.4 Å². The van der Waals surface area contributed by atoms with Crippen LogP contribution in [0.3, 0.4) is 0 Å². The third kappa shape index (κ3) is 16.3. The molecule has 2 nitrogen and oxygen atoms in total. The first-order chi connectivity index (χ1) is 63.0. The third-order valence-corrected chi connectivity index (χ3v) is 31.6. The fourth-order valence-corrected chi connectivity index (χ4v) is 24.1. The molecular formula is C127H135NO. The van der Waals surface area contributed by atoms with E-state index in [0.717, 1.165) is 33.3 Å². The molecular weight excluding hydrogens is 1560 g/mol. The van der Waals surface area contributed by atoms with Gasteiger partial charge in [0.15, 0.2) is 0 Å². The van der Waals surface area contributed by atoms with Crippen molar-refractivity contribution in [1.29, 1.82) is 0 Å². The first-order valence-corrected chi connectivity index (χ1v) is 50.2. The van der Waals surface area contributed by atoms with Gasteiger partial charge in [0.05, 0.1) is 0 Å². The Morgan fingerprint density at radius 2 is 0.473 bits per heavy atom.